The molecule has 0 bridgehead atoms. The van der Waals surface area contributed by atoms with E-state index >= 15 is 0 Å². The van der Waals surface area contributed by atoms with Gasteiger partial charge in [-0.2, -0.15) is 0 Å². The Kier molecular flexibility index (Phi) is 5.39. The Morgan fingerprint density at radius 1 is 1.26 bits per heavy atom. The van der Waals surface area contributed by atoms with Crippen molar-refractivity contribution in [2.24, 2.45) is 5.92 Å². The summed E-state index contributed by atoms with van der Waals surface area (Å²) in [5.41, 5.74) is 3.16. The first-order valence-electron chi connectivity index (χ1n) is 8.99. The smallest absolute Gasteiger partial charge is 0.227 e. The van der Waals surface area contributed by atoms with E-state index in [-0.39, 0.29) is 30.7 Å². The molecule has 2 amide bonds. The Hall–Kier alpha value is -2.96. The molecular formula is C20H25N5O2. The molecule has 1 N–H and O–H groups in total. The lowest BCUT2D eigenvalue weighted by molar-refractivity contribution is -0.126. The second-order valence-electron chi connectivity index (χ2n) is 7.12. The largest absolute Gasteiger partial charge is 0.363 e. The quantitative estimate of drug-likeness (QED) is 0.872. The number of carbonyl (C=O) groups excluding carboxylic acids is 2. The van der Waals surface area contributed by atoms with Crippen molar-refractivity contribution < 1.29 is 9.59 Å². The number of aromatic nitrogens is 2. The molecule has 1 aliphatic heterocycles. The number of benzene rings is 1. The standard InChI is InChI=1S/C20H25N5O2/c1-13-5-6-16(9-14(13)2)25-12-15(10-19(25)26)20(27)22-11-17-21-8-7-18(23-17)24(3)4/h5-9,15H,10-12H2,1-4H3,(H,22,27). The van der Waals surface area contributed by atoms with Crippen molar-refractivity contribution in [3.05, 3.63) is 47.4 Å². The zero-order valence-electron chi connectivity index (χ0n) is 16.2. The Bertz CT molecular complexity index is 865. The number of amides is 2. The molecule has 0 aliphatic carbocycles. The second-order valence-corrected chi connectivity index (χ2v) is 7.12. The summed E-state index contributed by atoms with van der Waals surface area (Å²) in [6.07, 6.45) is 1.89. The molecule has 1 saturated heterocycles. The maximum atomic E-state index is 12.5. The van der Waals surface area contributed by atoms with Gasteiger partial charge in [0, 0.05) is 38.9 Å². The fraction of sp³-hybridized carbons (Fsp3) is 0.400. The van der Waals surface area contributed by atoms with Crippen LogP contribution < -0.4 is 15.1 Å². The lowest BCUT2D eigenvalue weighted by Gasteiger charge is -2.18. The van der Waals surface area contributed by atoms with Crippen molar-refractivity contribution >= 4 is 23.3 Å². The topological polar surface area (TPSA) is 78.4 Å². The van der Waals surface area contributed by atoms with Gasteiger partial charge in [-0.1, -0.05) is 6.07 Å². The van der Waals surface area contributed by atoms with Gasteiger partial charge in [-0.25, -0.2) is 9.97 Å². The molecular weight excluding hydrogens is 342 g/mol. The van der Waals surface area contributed by atoms with E-state index in [4.69, 9.17) is 0 Å². The Morgan fingerprint density at radius 3 is 2.74 bits per heavy atom. The minimum Gasteiger partial charge on any atom is -0.363 e. The fourth-order valence-electron chi connectivity index (χ4n) is 3.06. The average molecular weight is 367 g/mol. The zero-order chi connectivity index (χ0) is 19.6. The van der Waals surface area contributed by atoms with Gasteiger partial charge in [0.15, 0.2) is 0 Å². The summed E-state index contributed by atoms with van der Waals surface area (Å²) in [7, 11) is 3.80. The highest BCUT2D eigenvalue weighted by molar-refractivity contribution is 6.00. The summed E-state index contributed by atoms with van der Waals surface area (Å²) in [6.45, 7) is 4.69. The molecule has 2 aromatic rings. The summed E-state index contributed by atoms with van der Waals surface area (Å²) in [5, 5.41) is 2.86. The first-order chi connectivity index (χ1) is 12.8. The van der Waals surface area contributed by atoms with Crippen molar-refractivity contribution in [3.63, 3.8) is 0 Å². The van der Waals surface area contributed by atoms with E-state index in [9.17, 15) is 9.59 Å². The van der Waals surface area contributed by atoms with Crippen LogP contribution in [0.4, 0.5) is 11.5 Å². The van der Waals surface area contributed by atoms with Crippen LogP contribution in [-0.2, 0) is 16.1 Å². The van der Waals surface area contributed by atoms with E-state index in [1.807, 2.05) is 57.1 Å². The minimum absolute atomic E-state index is 0.0238. The molecule has 27 heavy (non-hydrogen) atoms. The second kappa shape index (κ2) is 7.73. The SMILES string of the molecule is Cc1ccc(N2CC(C(=O)NCc3nccc(N(C)C)n3)CC2=O)cc1C. The van der Waals surface area contributed by atoms with E-state index < -0.39 is 0 Å². The maximum absolute atomic E-state index is 12.5. The number of rotatable bonds is 5. The Morgan fingerprint density at radius 2 is 2.04 bits per heavy atom. The highest BCUT2D eigenvalue weighted by atomic mass is 16.2. The van der Waals surface area contributed by atoms with E-state index in [1.54, 1.807) is 11.1 Å². The number of hydrogen-bond acceptors (Lipinski definition) is 5. The summed E-state index contributed by atoms with van der Waals surface area (Å²) >= 11 is 0. The maximum Gasteiger partial charge on any atom is 0.227 e. The molecule has 1 atom stereocenters. The molecule has 1 aliphatic rings. The van der Waals surface area contributed by atoms with Gasteiger partial charge in [0.25, 0.3) is 0 Å². The predicted octanol–water partition coefficient (Wildman–Crippen LogP) is 1.83. The molecule has 0 spiro atoms. The van der Waals surface area contributed by atoms with Crippen molar-refractivity contribution in [3.8, 4) is 0 Å². The van der Waals surface area contributed by atoms with E-state index in [0.717, 1.165) is 17.1 Å². The third-order valence-corrected chi connectivity index (χ3v) is 4.87. The van der Waals surface area contributed by atoms with E-state index in [2.05, 4.69) is 15.3 Å². The van der Waals surface area contributed by atoms with Crippen molar-refractivity contribution in [2.45, 2.75) is 26.8 Å². The molecule has 1 unspecified atom stereocenters. The monoisotopic (exact) mass is 367 g/mol. The van der Waals surface area contributed by atoms with Gasteiger partial charge in [0.2, 0.25) is 11.8 Å². The normalized spacial score (nSPS) is 16.5. The number of aryl methyl sites for hydroxylation is 2. The van der Waals surface area contributed by atoms with E-state index in [1.165, 1.54) is 5.56 Å². The summed E-state index contributed by atoms with van der Waals surface area (Å²) in [5.74, 6) is 0.796. The van der Waals surface area contributed by atoms with Crippen LogP contribution in [0.3, 0.4) is 0 Å². The molecule has 3 rings (SSSR count). The van der Waals surface area contributed by atoms with Crippen LogP contribution in [0.1, 0.15) is 23.4 Å². The number of hydrogen-bond donors (Lipinski definition) is 1. The lowest BCUT2D eigenvalue weighted by atomic mass is 10.1. The van der Waals surface area contributed by atoms with Crippen molar-refractivity contribution in [2.75, 3.05) is 30.4 Å². The summed E-state index contributed by atoms with van der Waals surface area (Å²) in [6, 6.07) is 7.73. The van der Waals surface area contributed by atoms with Crippen LogP contribution in [0.25, 0.3) is 0 Å². The molecule has 1 aromatic carbocycles. The van der Waals surface area contributed by atoms with Gasteiger partial charge in [-0.05, 0) is 43.2 Å². The van der Waals surface area contributed by atoms with Crippen LogP contribution in [0, 0.1) is 19.8 Å². The first kappa shape index (κ1) is 18.8. The van der Waals surface area contributed by atoms with Gasteiger partial charge in [0.1, 0.15) is 11.6 Å². The highest BCUT2D eigenvalue weighted by Gasteiger charge is 2.35. The Labute approximate surface area is 159 Å². The van der Waals surface area contributed by atoms with Gasteiger partial charge in [-0.15, -0.1) is 0 Å². The molecule has 0 radical (unpaired) electrons. The summed E-state index contributed by atoms with van der Waals surface area (Å²) in [4.78, 5) is 37.1. The third-order valence-electron chi connectivity index (χ3n) is 4.87. The predicted molar refractivity (Wildman–Crippen MR) is 105 cm³/mol. The molecule has 1 aromatic heterocycles. The fourth-order valence-corrected chi connectivity index (χ4v) is 3.06. The van der Waals surface area contributed by atoms with Crippen molar-refractivity contribution in [1.82, 2.24) is 15.3 Å². The van der Waals surface area contributed by atoms with Gasteiger partial charge in [0.05, 0.1) is 12.5 Å². The van der Waals surface area contributed by atoms with E-state index in [0.29, 0.717) is 12.4 Å². The highest BCUT2D eigenvalue weighted by Crippen LogP contribution is 2.27. The number of nitrogens with one attached hydrogen (secondary N) is 1. The molecule has 0 saturated carbocycles. The summed E-state index contributed by atoms with van der Waals surface area (Å²) < 4.78 is 0. The molecule has 7 nitrogen and oxygen atoms in total. The average Bonchev–Trinajstić information content (AvgIpc) is 3.04. The van der Waals surface area contributed by atoms with Gasteiger partial charge >= 0.3 is 0 Å². The molecule has 2 heterocycles. The number of carbonyl (C=O) groups is 2. The van der Waals surface area contributed by atoms with Crippen LogP contribution >= 0.6 is 0 Å². The third kappa shape index (κ3) is 4.24. The van der Waals surface area contributed by atoms with Gasteiger partial charge in [-0.3, -0.25) is 9.59 Å². The lowest BCUT2D eigenvalue weighted by Crippen LogP contribution is -2.33. The van der Waals surface area contributed by atoms with Gasteiger partial charge < -0.3 is 15.1 Å². The molecule has 1 fully saturated rings. The van der Waals surface area contributed by atoms with Crippen LogP contribution in [0.2, 0.25) is 0 Å². The van der Waals surface area contributed by atoms with Crippen molar-refractivity contribution in [1.29, 1.82) is 0 Å². The van der Waals surface area contributed by atoms with Crippen LogP contribution in [0.5, 0.6) is 0 Å². The number of anilines is 2. The molecule has 142 valence electrons. The number of nitrogens with zero attached hydrogens (tertiary/aromatic N) is 4. The van der Waals surface area contributed by atoms with Crippen LogP contribution in [-0.4, -0.2) is 42.4 Å². The minimum atomic E-state index is -0.365. The van der Waals surface area contributed by atoms with Crippen LogP contribution in [0.15, 0.2) is 30.5 Å². The Balaban J connectivity index is 1.62. The molecule has 7 heteroatoms. The zero-order valence-corrected chi connectivity index (χ0v) is 16.2. The first-order valence-corrected chi connectivity index (χ1v) is 8.99.